The van der Waals surface area contributed by atoms with Crippen molar-refractivity contribution in [2.75, 3.05) is 31.6 Å². The maximum absolute atomic E-state index is 11.5. The van der Waals surface area contributed by atoms with E-state index in [2.05, 4.69) is 10.2 Å². The van der Waals surface area contributed by atoms with E-state index >= 15 is 0 Å². The molecular weight excluding hydrogens is 264 g/mol. The molecule has 1 saturated heterocycles. The van der Waals surface area contributed by atoms with E-state index in [1.165, 1.54) is 5.56 Å². The largest absolute Gasteiger partial charge is 0.469 e. The van der Waals surface area contributed by atoms with Gasteiger partial charge in [-0.2, -0.15) is 0 Å². The monoisotopic (exact) mass is 286 g/mol. The molecule has 0 radical (unpaired) electrons. The highest BCUT2D eigenvalue weighted by atomic mass is 32.2. The SMILES string of the molecule is Cc1occc1CN(C)CCC1CS(=O)(=O)CCN1. The van der Waals surface area contributed by atoms with Crippen LogP contribution in [0.2, 0.25) is 0 Å². The lowest BCUT2D eigenvalue weighted by atomic mass is 10.2. The molecule has 0 spiro atoms. The first-order valence-corrected chi connectivity index (χ1v) is 8.44. The highest BCUT2D eigenvalue weighted by Gasteiger charge is 2.24. The van der Waals surface area contributed by atoms with Crippen LogP contribution in [-0.4, -0.2) is 51.0 Å². The molecule has 2 heterocycles. The number of furan rings is 1. The minimum Gasteiger partial charge on any atom is -0.469 e. The third-order valence-corrected chi connectivity index (χ3v) is 5.30. The second-order valence-corrected chi connectivity index (χ2v) is 7.52. The molecule has 1 N–H and O–H groups in total. The van der Waals surface area contributed by atoms with Gasteiger partial charge in [0.15, 0.2) is 9.84 Å². The molecule has 1 fully saturated rings. The summed E-state index contributed by atoms with van der Waals surface area (Å²) in [6.07, 6.45) is 2.56. The van der Waals surface area contributed by atoms with Gasteiger partial charge in [0, 0.05) is 24.7 Å². The lowest BCUT2D eigenvalue weighted by molar-refractivity contribution is 0.301. The van der Waals surface area contributed by atoms with Crippen LogP contribution in [0.1, 0.15) is 17.7 Å². The molecule has 5 nitrogen and oxygen atoms in total. The average Bonchev–Trinajstić information content (AvgIpc) is 2.71. The number of nitrogens with one attached hydrogen (secondary N) is 1. The molecule has 0 saturated carbocycles. The summed E-state index contributed by atoms with van der Waals surface area (Å²) in [7, 11) is -0.787. The van der Waals surface area contributed by atoms with Crippen molar-refractivity contribution in [3.63, 3.8) is 0 Å². The lowest BCUT2D eigenvalue weighted by Gasteiger charge is -2.25. The number of nitrogens with zero attached hydrogens (tertiary/aromatic N) is 1. The summed E-state index contributed by atoms with van der Waals surface area (Å²) in [5.74, 6) is 1.49. The maximum atomic E-state index is 11.5. The van der Waals surface area contributed by atoms with Gasteiger partial charge >= 0.3 is 0 Å². The van der Waals surface area contributed by atoms with E-state index in [9.17, 15) is 8.42 Å². The summed E-state index contributed by atoms with van der Waals surface area (Å²) in [6.45, 7) is 4.25. The van der Waals surface area contributed by atoms with Gasteiger partial charge in [0.05, 0.1) is 17.8 Å². The van der Waals surface area contributed by atoms with Gasteiger partial charge in [-0.05, 0) is 33.0 Å². The Morgan fingerprint density at radius 1 is 1.53 bits per heavy atom. The summed E-state index contributed by atoms with van der Waals surface area (Å²) in [5, 5.41) is 3.28. The van der Waals surface area contributed by atoms with Gasteiger partial charge in [-0.25, -0.2) is 8.42 Å². The van der Waals surface area contributed by atoms with Crippen molar-refractivity contribution < 1.29 is 12.8 Å². The second kappa shape index (κ2) is 6.07. The van der Waals surface area contributed by atoms with Crippen molar-refractivity contribution in [3.8, 4) is 0 Å². The van der Waals surface area contributed by atoms with Crippen LogP contribution in [0.25, 0.3) is 0 Å². The van der Waals surface area contributed by atoms with E-state index in [1.54, 1.807) is 6.26 Å². The summed E-state index contributed by atoms with van der Waals surface area (Å²) < 4.78 is 28.4. The van der Waals surface area contributed by atoms with E-state index in [-0.39, 0.29) is 17.5 Å². The van der Waals surface area contributed by atoms with Crippen LogP contribution in [0, 0.1) is 6.92 Å². The number of hydrogen-bond acceptors (Lipinski definition) is 5. The minimum absolute atomic E-state index is 0.0895. The van der Waals surface area contributed by atoms with Crippen LogP contribution in [0.15, 0.2) is 16.7 Å². The summed E-state index contributed by atoms with van der Waals surface area (Å²) >= 11 is 0. The van der Waals surface area contributed by atoms with Gasteiger partial charge in [0.1, 0.15) is 5.76 Å². The molecule has 1 atom stereocenters. The fraction of sp³-hybridized carbons (Fsp3) is 0.692. The topological polar surface area (TPSA) is 62.6 Å². The predicted molar refractivity (Wildman–Crippen MR) is 74.8 cm³/mol. The van der Waals surface area contributed by atoms with E-state index in [0.717, 1.165) is 25.3 Å². The molecule has 1 aromatic rings. The van der Waals surface area contributed by atoms with Gasteiger partial charge < -0.3 is 14.6 Å². The van der Waals surface area contributed by atoms with Crippen LogP contribution in [0.4, 0.5) is 0 Å². The standard InChI is InChI=1S/C13H22N2O3S/c1-11-12(4-7-18-11)9-15(2)6-3-13-10-19(16,17)8-5-14-13/h4,7,13-14H,3,5-6,8-10H2,1-2H3. The fourth-order valence-corrected chi connectivity index (χ4v) is 3.87. The smallest absolute Gasteiger partial charge is 0.153 e. The minimum atomic E-state index is -2.83. The predicted octanol–water partition coefficient (Wildman–Crippen LogP) is 0.797. The molecular formula is C13H22N2O3S. The van der Waals surface area contributed by atoms with E-state index in [0.29, 0.717) is 6.54 Å². The van der Waals surface area contributed by atoms with Crippen LogP contribution < -0.4 is 5.32 Å². The average molecular weight is 286 g/mol. The molecule has 2 rings (SSSR count). The zero-order chi connectivity index (χ0) is 13.9. The molecule has 1 unspecified atom stereocenters. The Balaban J connectivity index is 1.77. The van der Waals surface area contributed by atoms with Gasteiger partial charge in [0.25, 0.3) is 0 Å². The fourth-order valence-electron chi connectivity index (χ4n) is 2.37. The normalized spacial score (nSPS) is 22.8. The first kappa shape index (κ1) is 14.6. The van der Waals surface area contributed by atoms with Crippen molar-refractivity contribution in [1.29, 1.82) is 0 Å². The number of sulfone groups is 1. The lowest BCUT2D eigenvalue weighted by Crippen LogP contribution is -2.46. The van der Waals surface area contributed by atoms with Gasteiger partial charge in [-0.1, -0.05) is 0 Å². The molecule has 19 heavy (non-hydrogen) atoms. The van der Waals surface area contributed by atoms with Gasteiger partial charge in [0.2, 0.25) is 0 Å². The molecule has 1 aliphatic rings. The van der Waals surface area contributed by atoms with Crippen molar-refractivity contribution in [3.05, 3.63) is 23.7 Å². The second-order valence-electron chi connectivity index (χ2n) is 5.29. The van der Waals surface area contributed by atoms with E-state index < -0.39 is 9.84 Å². The van der Waals surface area contributed by atoms with E-state index in [1.807, 2.05) is 20.0 Å². The molecule has 0 bridgehead atoms. The van der Waals surface area contributed by atoms with Gasteiger partial charge in [-0.3, -0.25) is 0 Å². The Hall–Kier alpha value is -0.850. The van der Waals surface area contributed by atoms with Crippen LogP contribution in [0.5, 0.6) is 0 Å². The molecule has 6 heteroatoms. The molecule has 108 valence electrons. The number of aryl methyl sites for hydroxylation is 1. The summed E-state index contributed by atoms with van der Waals surface area (Å²) in [5.41, 5.74) is 1.19. The number of hydrogen-bond donors (Lipinski definition) is 1. The van der Waals surface area contributed by atoms with Crippen molar-refractivity contribution in [2.45, 2.75) is 25.9 Å². The Kier molecular flexibility index (Phi) is 4.65. The Morgan fingerprint density at radius 3 is 2.95 bits per heavy atom. The molecule has 0 aliphatic carbocycles. The van der Waals surface area contributed by atoms with Crippen LogP contribution >= 0.6 is 0 Å². The van der Waals surface area contributed by atoms with Crippen molar-refractivity contribution in [1.82, 2.24) is 10.2 Å². The quantitative estimate of drug-likeness (QED) is 0.867. The van der Waals surface area contributed by atoms with Gasteiger partial charge in [-0.15, -0.1) is 0 Å². The molecule has 1 aromatic heterocycles. The van der Waals surface area contributed by atoms with Crippen molar-refractivity contribution >= 4 is 9.84 Å². The zero-order valence-electron chi connectivity index (χ0n) is 11.6. The highest BCUT2D eigenvalue weighted by molar-refractivity contribution is 7.91. The third-order valence-electron chi connectivity index (χ3n) is 3.57. The summed E-state index contributed by atoms with van der Waals surface area (Å²) in [6, 6.07) is 2.07. The highest BCUT2D eigenvalue weighted by Crippen LogP contribution is 2.12. The van der Waals surface area contributed by atoms with Crippen LogP contribution in [-0.2, 0) is 16.4 Å². The number of rotatable bonds is 5. The maximum Gasteiger partial charge on any atom is 0.153 e. The first-order valence-electron chi connectivity index (χ1n) is 6.61. The van der Waals surface area contributed by atoms with Crippen molar-refractivity contribution in [2.24, 2.45) is 0 Å². The zero-order valence-corrected chi connectivity index (χ0v) is 12.4. The Labute approximate surface area is 114 Å². The molecule has 0 aromatic carbocycles. The summed E-state index contributed by atoms with van der Waals surface area (Å²) in [4.78, 5) is 2.20. The Bertz CT molecular complexity index is 510. The molecule has 1 aliphatic heterocycles. The third kappa shape index (κ3) is 4.33. The van der Waals surface area contributed by atoms with Crippen LogP contribution in [0.3, 0.4) is 0 Å². The molecule has 0 amide bonds. The Morgan fingerprint density at radius 2 is 2.32 bits per heavy atom. The van der Waals surface area contributed by atoms with E-state index in [4.69, 9.17) is 4.42 Å². The first-order chi connectivity index (χ1) is 8.96.